The van der Waals surface area contributed by atoms with E-state index in [2.05, 4.69) is 19.1 Å². The maximum absolute atomic E-state index is 12.7. The van der Waals surface area contributed by atoms with Crippen LogP contribution >= 0.6 is 11.8 Å². The lowest BCUT2D eigenvalue weighted by molar-refractivity contribution is -0.129. The number of carbonyl (C=O) groups is 1. The first kappa shape index (κ1) is 19.9. The molecule has 1 aliphatic heterocycles. The molecule has 2 aromatic carbocycles. The van der Waals surface area contributed by atoms with Gasteiger partial charge in [0.2, 0.25) is 15.9 Å². The van der Waals surface area contributed by atoms with E-state index in [1.54, 1.807) is 47.0 Å². The normalized spacial score (nSPS) is 16.9. The van der Waals surface area contributed by atoms with Crippen molar-refractivity contribution < 1.29 is 13.2 Å². The number of hydrogen-bond donors (Lipinski definition) is 0. The van der Waals surface area contributed by atoms with Crippen molar-refractivity contribution in [2.45, 2.75) is 17.1 Å². The molecule has 27 heavy (non-hydrogen) atoms. The molecular formula is C20H24N2O3S2. The van der Waals surface area contributed by atoms with Gasteiger partial charge in [0.25, 0.3) is 0 Å². The fraction of sp³-hybridized carbons (Fsp3) is 0.350. The number of amides is 1. The standard InChI is InChI=1S/C20H24N2O3S2/c1-17(18-8-4-2-5-9-18)26-16-20(23)21-12-14-22(15-13-21)27(24,25)19-10-6-3-7-11-19/h2-11,17H,12-16H2,1H3/t17-/m0/s1. The summed E-state index contributed by atoms with van der Waals surface area (Å²) in [6.45, 7) is 3.64. The summed E-state index contributed by atoms with van der Waals surface area (Å²) in [5.41, 5.74) is 1.20. The summed E-state index contributed by atoms with van der Waals surface area (Å²) < 4.78 is 26.8. The molecule has 0 aromatic heterocycles. The Morgan fingerprint density at radius 3 is 2.11 bits per heavy atom. The van der Waals surface area contributed by atoms with Crippen molar-refractivity contribution in [1.29, 1.82) is 0 Å². The lowest BCUT2D eigenvalue weighted by Crippen LogP contribution is -2.51. The first-order chi connectivity index (χ1) is 13.0. The van der Waals surface area contributed by atoms with Gasteiger partial charge in [0.05, 0.1) is 10.6 Å². The molecule has 1 fully saturated rings. The molecule has 7 heteroatoms. The van der Waals surface area contributed by atoms with E-state index in [4.69, 9.17) is 0 Å². The van der Waals surface area contributed by atoms with Crippen LogP contribution in [-0.4, -0.2) is 55.5 Å². The highest BCUT2D eigenvalue weighted by Gasteiger charge is 2.30. The first-order valence-electron chi connectivity index (χ1n) is 8.98. The number of benzene rings is 2. The molecule has 144 valence electrons. The van der Waals surface area contributed by atoms with Crippen LogP contribution < -0.4 is 0 Å². The highest BCUT2D eigenvalue weighted by atomic mass is 32.2. The third kappa shape index (κ3) is 4.91. The molecule has 3 rings (SSSR count). The van der Waals surface area contributed by atoms with Crippen LogP contribution in [0.5, 0.6) is 0 Å². The minimum atomic E-state index is -3.48. The Labute approximate surface area is 165 Å². The van der Waals surface area contributed by atoms with Crippen molar-refractivity contribution >= 4 is 27.7 Å². The first-order valence-corrected chi connectivity index (χ1v) is 11.5. The lowest BCUT2D eigenvalue weighted by atomic mass is 10.2. The molecule has 5 nitrogen and oxygen atoms in total. The maximum atomic E-state index is 12.7. The zero-order chi connectivity index (χ0) is 19.3. The zero-order valence-corrected chi connectivity index (χ0v) is 17.0. The lowest BCUT2D eigenvalue weighted by Gasteiger charge is -2.34. The molecule has 0 spiro atoms. The van der Waals surface area contributed by atoms with Crippen LogP contribution in [0.2, 0.25) is 0 Å². The van der Waals surface area contributed by atoms with Crippen molar-refractivity contribution in [2.75, 3.05) is 31.9 Å². The predicted octanol–water partition coefficient (Wildman–Crippen LogP) is 3.01. The van der Waals surface area contributed by atoms with E-state index in [1.165, 1.54) is 9.87 Å². The Morgan fingerprint density at radius 2 is 1.52 bits per heavy atom. The van der Waals surface area contributed by atoms with Gasteiger partial charge < -0.3 is 4.90 Å². The van der Waals surface area contributed by atoms with Gasteiger partial charge in [0, 0.05) is 31.4 Å². The number of hydrogen-bond acceptors (Lipinski definition) is 4. The van der Waals surface area contributed by atoms with Gasteiger partial charge in [0.15, 0.2) is 0 Å². The fourth-order valence-corrected chi connectivity index (χ4v) is 5.40. The van der Waals surface area contributed by atoms with E-state index >= 15 is 0 Å². The van der Waals surface area contributed by atoms with Crippen LogP contribution in [0, 0.1) is 0 Å². The summed E-state index contributed by atoms with van der Waals surface area (Å²) >= 11 is 1.61. The summed E-state index contributed by atoms with van der Waals surface area (Å²) in [5.74, 6) is 0.473. The molecule has 1 saturated heterocycles. The summed E-state index contributed by atoms with van der Waals surface area (Å²) in [4.78, 5) is 14.6. The second kappa shape index (κ2) is 8.91. The number of rotatable bonds is 6. The fourth-order valence-electron chi connectivity index (χ4n) is 3.03. The van der Waals surface area contributed by atoms with Gasteiger partial charge in [-0.25, -0.2) is 8.42 Å². The second-order valence-electron chi connectivity index (χ2n) is 6.46. The van der Waals surface area contributed by atoms with Crippen LogP contribution in [-0.2, 0) is 14.8 Å². The SMILES string of the molecule is C[C@H](SCC(=O)N1CCN(S(=O)(=O)c2ccccc2)CC1)c1ccccc1. The van der Waals surface area contributed by atoms with Crippen LogP contribution in [0.1, 0.15) is 17.7 Å². The van der Waals surface area contributed by atoms with Gasteiger partial charge >= 0.3 is 0 Å². The smallest absolute Gasteiger partial charge is 0.243 e. The molecule has 1 heterocycles. The highest BCUT2D eigenvalue weighted by molar-refractivity contribution is 8.00. The van der Waals surface area contributed by atoms with Gasteiger partial charge in [-0.2, -0.15) is 4.31 Å². The number of nitrogens with zero attached hydrogens (tertiary/aromatic N) is 2. The van der Waals surface area contributed by atoms with Crippen molar-refractivity contribution in [2.24, 2.45) is 0 Å². The van der Waals surface area contributed by atoms with Gasteiger partial charge in [-0.15, -0.1) is 11.8 Å². The van der Waals surface area contributed by atoms with E-state index in [0.717, 1.165) is 0 Å². The zero-order valence-electron chi connectivity index (χ0n) is 15.3. The van der Waals surface area contributed by atoms with Crippen LogP contribution in [0.3, 0.4) is 0 Å². The van der Waals surface area contributed by atoms with Gasteiger partial charge in [-0.1, -0.05) is 48.5 Å². The molecule has 2 aromatic rings. The van der Waals surface area contributed by atoms with E-state index in [-0.39, 0.29) is 11.2 Å². The molecule has 0 bridgehead atoms. The molecule has 1 atom stereocenters. The quantitative estimate of drug-likeness (QED) is 0.743. The topological polar surface area (TPSA) is 57.7 Å². The van der Waals surface area contributed by atoms with Crippen molar-refractivity contribution in [3.8, 4) is 0 Å². The Hall–Kier alpha value is -1.83. The monoisotopic (exact) mass is 404 g/mol. The van der Waals surface area contributed by atoms with Crippen LogP contribution in [0.4, 0.5) is 0 Å². The largest absolute Gasteiger partial charge is 0.339 e. The molecule has 0 radical (unpaired) electrons. The summed E-state index contributed by atoms with van der Waals surface area (Å²) in [6, 6.07) is 18.6. The minimum Gasteiger partial charge on any atom is -0.339 e. The third-order valence-electron chi connectivity index (χ3n) is 4.70. The Balaban J connectivity index is 1.51. The summed E-state index contributed by atoms with van der Waals surface area (Å²) in [6.07, 6.45) is 0. The average molecular weight is 405 g/mol. The van der Waals surface area contributed by atoms with Crippen molar-refractivity contribution in [3.05, 3.63) is 66.2 Å². The minimum absolute atomic E-state index is 0.0690. The molecule has 0 unspecified atom stereocenters. The number of sulfonamides is 1. The number of piperazine rings is 1. The number of thioether (sulfide) groups is 1. The van der Waals surface area contributed by atoms with E-state index in [1.807, 2.05) is 18.2 Å². The molecule has 0 N–H and O–H groups in total. The van der Waals surface area contributed by atoms with Gasteiger partial charge in [0.1, 0.15) is 0 Å². The van der Waals surface area contributed by atoms with E-state index < -0.39 is 10.0 Å². The van der Waals surface area contributed by atoms with Crippen molar-refractivity contribution in [3.63, 3.8) is 0 Å². The van der Waals surface area contributed by atoms with E-state index in [9.17, 15) is 13.2 Å². The number of carbonyl (C=O) groups excluding carboxylic acids is 1. The van der Waals surface area contributed by atoms with Gasteiger partial charge in [-0.05, 0) is 24.6 Å². The second-order valence-corrected chi connectivity index (χ2v) is 9.73. The Bertz CT molecular complexity index is 849. The van der Waals surface area contributed by atoms with Crippen molar-refractivity contribution in [1.82, 2.24) is 9.21 Å². The highest BCUT2D eigenvalue weighted by Crippen LogP contribution is 2.28. The summed E-state index contributed by atoms with van der Waals surface area (Å²) in [5, 5.41) is 0.245. The summed E-state index contributed by atoms with van der Waals surface area (Å²) in [7, 11) is -3.48. The molecule has 0 saturated carbocycles. The molecule has 1 aliphatic rings. The van der Waals surface area contributed by atoms with E-state index in [0.29, 0.717) is 36.8 Å². The molecule has 0 aliphatic carbocycles. The van der Waals surface area contributed by atoms with Crippen LogP contribution in [0.25, 0.3) is 0 Å². The van der Waals surface area contributed by atoms with Gasteiger partial charge in [-0.3, -0.25) is 4.79 Å². The Morgan fingerprint density at radius 1 is 0.963 bits per heavy atom. The van der Waals surface area contributed by atoms with Crippen LogP contribution in [0.15, 0.2) is 65.6 Å². The predicted molar refractivity (Wildman–Crippen MR) is 109 cm³/mol. The third-order valence-corrected chi connectivity index (χ3v) is 7.80. The average Bonchev–Trinajstić information content (AvgIpc) is 2.73. The molecular weight excluding hydrogens is 380 g/mol. The maximum Gasteiger partial charge on any atom is 0.243 e. The molecule has 1 amide bonds. The Kier molecular flexibility index (Phi) is 6.57.